The second kappa shape index (κ2) is 12.7. The van der Waals surface area contributed by atoms with Crippen molar-refractivity contribution in [1.82, 2.24) is 5.32 Å². The Labute approximate surface area is 174 Å². The van der Waals surface area contributed by atoms with E-state index in [1.807, 2.05) is 63.2 Å². The third-order valence-electron chi connectivity index (χ3n) is 4.40. The average Bonchev–Trinajstić information content (AvgIpc) is 2.70. The molecule has 0 unspecified atom stereocenters. The summed E-state index contributed by atoms with van der Waals surface area (Å²) in [6.45, 7) is 8.38. The fraction of sp³-hybridized carbons (Fsp3) is 0.458. The Morgan fingerprint density at radius 1 is 0.931 bits per heavy atom. The predicted octanol–water partition coefficient (Wildman–Crippen LogP) is 4.70. The highest BCUT2D eigenvalue weighted by Gasteiger charge is 2.07. The zero-order valence-corrected chi connectivity index (χ0v) is 17.8. The van der Waals surface area contributed by atoms with Crippen LogP contribution >= 0.6 is 0 Å². The van der Waals surface area contributed by atoms with E-state index in [1.165, 1.54) is 5.56 Å². The fourth-order valence-electron chi connectivity index (χ4n) is 2.97. The van der Waals surface area contributed by atoms with Crippen molar-refractivity contribution in [2.75, 3.05) is 26.4 Å². The topological polar surface area (TPSA) is 56.8 Å². The normalized spacial score (nSPS) is 10.4. The van der Waals surface area contributed by atoms with E-state index < -0.39 is 0 Å². The quantitative estimate of drug-likeness (QED) is 0.496. The average molecular weight is 400 g/mol. The van der Waals surface area contributed by atoms with Crippen molar-refractivity contribution in [3.05, 3.63) is 53.6 Å². The molecule has 0 spiro atoms. The van der Waals surface area contributed by atoms with E-state index >= 15 is 0 Å². The molecular formula is C24H33NO4. The van der Waals surface area contributed by atoms with Crippen LogP contribution in [0.5, 0.6) is 17.2 Å². The Kier molecular flexibility index (Phi) is 9.90. The first-order valence-corrected chi connectivity index (χ1v) is 10.5. The van der Waals surface area contributed by atoms with Crippen LogP contribution in [0.1, 0.15) is 44.2 Å². The lowest BCUT2D eigenvalue weighted by atomic mass is 10.1. The number of rotatable bonds is 13. The van der Waals surface area contributed by atoms with E-state index in [2.05, 4.69) is 5.32 Å². The van der Waals surface area contributed by atoms with Gasteiger partial charge < -0.3 is 19.5 Å². The first-order chi connectivity index (χ1) is 14.1. The molecule has 1 amide bonds. The highest BCUT2D eigenvalue weighted by molar-refractivity contribution is 5.75. The number of nitrogens with one attached hydrogen (secondary N) is 1. The van der Waals surface area contributed by atoms with Gasteiger partial charge in [-0.25, -0.2) is 0 Å². The second-order valence-electron chi connectivity index (χ2n) is 6.87. The minimum Gasteiger partial charge on any atom is -0.494 e. The molecule has 0 radical (unpaired) electrons. The van der Waals surface area contributed by atoms with Gasteiger partial charge in [0.05, 0.1) is 19.8 Å². The molecule has 5 nitrogen and oxygen atoms in total. The molecule has 2 aromatic carbocycles. The number of unbranched alkanes of at least 4 members (excludes halogenated alkanes) is 1. The van der Waals surface area contributed by atoms with Gasteiger partial charge in [-0.2, -0.15) is 0 Å². The summed E-state index contributed by atoms with van der Waals surface area (Å²) in [5.74, 6) is 2.48. The molecule has 158 valence electrons. The molecule has 1 N–H and O–H groups in total. The van der Waals surface area contributed by atoms with E-state index in [9.17, 15) is 4.79 Å². The lowest BCUT2D eigenvalue weighted by Crippen LogP contribution is -2.25. The number of ether oxygens (including phenoxy) is 3. The summed E-state index contributed by atoms with van der Waals surface area (Å²) in [6.07, 6.45) is 2.95. The smallest absolute Gasteiger partial charge is 0.220 e. The van der Waals surface area contributed by atoms with Gasteiger partial charge in [0.2, 0.25) is 5.91 Å². The monoisotopic (exact) mass is 399 g/mol. The molecule has 0 saturated heterocycles. The molecule has 0 heterocycles. The van der Waals surface area contributed by atoms with Gasteiger partial charge in [0.15, 0.2) is 11.5 Å². The molecule has 2 aromatic rings. The van der Waals surface area contributed by atoms with Crippen molar-refractivity contribution < 1.29 is 19.0 Å². The molecule has 29 heavy (non-hydrogen) atoms. The van der Waals surface area contributed by atoms with Crippen LogP contribution in [-0.4, -0.2) is 32.3 Å². The molecule has 5 heteroatoms. The summed E-state index contributed by atoms with van der Waals surface area (Å²) < 4.78 is 16.9. The highest BCUT2D eigenvalue weighted by atomic mass is 16.5. The van der Waals surface area contributed by atoms with E-state index in [1.54, 1.807) is 0 Å². The van der Waals surface area contributed by atoms with Crippen LogP contribution in [0, 0.1) is 6.92 Å². The lowest BCUT2D eigenvalue weighted by Gasteiger charge is -2.12. The number of benzene rings is 2. The molecule has 0 saturated carbocycles. The third-order valence-corrected chi connectivity index (χ3v) is 4.40. The van der Waals surface area contributed by atoms with Crippen LogP contribution in [0.25, 0.3) is 0 Å². The molecule has 0 fully saturated rings. The maximum Gasteiger partial charge on any atom is 0.220 e. The molecule has 0 aliphatic carbocycles. The third kappa shape index (κ3) is 8.46. The van der Waals surface area contributed by atoms with Gasteiger partial charge in [-0.15, -0.1) is 0 Å². The van der Waals surface area contributed by atoms with Crippen molar-refractivity contribution >= 4 is 5.91 Å². The number of hydrogen-bond acceptors (Lipinski definition) is 4. The number of carbonyl (C=O) groups excluding carboxylic acids is 1. The fourth-order valence-corrected chi connectivity index (χ4v) is 2.97. The van der Waals surface area contributed by atoms with Crippen molar-refractivity contribution in [3.63, 3.8) is 0 Å². The maximum atomic E-state index is 12.0. The Hall–Kier alpha value is -2.69. The van der Waals surface area contributed by atoms with Crippen molar-refractivity contribution in [2.24, 2.45) is 0 Å². The van der Waals surface area contributed by atoms with E-state index in [-0.39, 0.29) is 5.91 Å². The van der Waals surface area contributed by atoms with Gasteiger partial charge in [0, 0.05) is 13.0 Å². The van der Waals surface area contributed by atoms with Crippen LogP contribution in [0.2, 0.25) is 0 Å². The zero-order chi connectivity index (χ0) is 20.9. The minimum absolute atomic E-state index is 0.0801. The summed E-state index contributed by atoms with van der Waals surface area (Å²) in [4.78, 5) is 12.0. The van der Waals surface area contributed by atoms with E-state index in [4.69, 9.17) is 14.2 Å². The first-order valence-electron chi connectivity index (χ1n) is 10.5. The van der Waals surface area contributed by atoms with Crippen molar-refractivity contribution in [2.45, 2.75) is 46.5 Å². The minimum atomic E-state index is 0.0801. The molecule has 0 aromatic heterocycles. The van der Waals surface area contributed by atoms with Gasteiger partial charge in [0.25, 0.3) is 0 Å². The van der Waals surface area contributed by atoms with Gasteiger partial charge >= 0.3 is 0 Å². The van der Waals surface area contributed by atoms with Crippen LogP contribution in [0.15, 0.2) is 42.5 Å². The van der Waals surface area contributed by atoms with Gasteiger partial charge in [0.1, 0.15) is 5.75 Å². The largest absolute Gasteiger partial charge is 0.494 e. The highest BCUT2D eigenvalue weighted by Crippen LogP contribution is 2.28. The Morgan fingerprint density at radius 3 is 2.48 bits per heavy atom. The number of amides is 1. The van der Waals surface area contributed by atoms with Crippen molar-refractivity contribution in [3.8, 4) is 17.2 Å². The standard InChI is InChI=1S/C24H33NO4/c1-4-27-22-13-12-20(18-23(22)28-5-2)14-15-25-24(26)11-6-7-16-29-21-10-8-9-19(3)17-21/h8-10,12-13,17-18H,4-7,11,14-16H2,1-3H3,(H,25,26). The molecule has 0 atom stereocenters. The summed E-state index contributed by atoms with van der Waals surface area (Å²) in [5.41, 5.74) is 2.30. The number of carbonyl (C=O) groups is 1. The molecule has 2 rings (SSSR count). The predicted molar refractivity (Wildman–Crippen MR) is 116 cm³/mol. The maximum absolute atomic E-state index is 12.0. The van der Waals surface area contributed by atoms with Gasteiger partial charge in [-0.3, -0.25) is 4.79 Å². The van der Waals surface area contributed by atoms with Gasteiger partial charge in [-0.1, -0.05) is 18.2 Å². The SMILES string of the molecule is CCOc1ccc(CCNC(=O)CCCCOc2cccc(C)c2)cc1OCC. The number of aryl methyl sites for hydroxylation is 1. The zero-order valence-electron chi connectivity index (χ0n) is 17.8. The Bertz CT molecular complexity index is 760. The van der Waals surface area contributed by atoms with Crippen LogP contribution in [-0.2, 0) is 11.2 Å². The van der Waals surface area contributed by atoms with Crippen LogP contribution in [0.3, 0.4) is 0 Å². The van der Waals surface area contributed by atoms with Crippen LogP contribution in [0.4, 0.5) is 0 Å². The molecule has 0 aliphatic heterocycles. The second-order valence-corrected chi connectivity index (χ2v) is 6.87. The summed E-state index contributed by atoms with van der Waals surface area (Å²) in [7, 11) is 0. The lowest BCUT2D eigenvalue weighted by molar-refractivity contribution is -0.121. The van der Waals surface area contributed by atoms with E-state index in [0.717, 1.165) is 42.1 Å². The van der Waals surface area contributed by atoms with E-state index in [0.29, 0.717) is 32.8 Å². The Balaban J connectivity index is 1.63. The first kappa shape index (κ1) is 22.6. The molecule has 0 bridgehead atoms. The van der Waals surface area contributed by atoms with Crippen LogP contribution < -0.4 is 19.5 Å². The molecular weight excluding hydrogens is 366 g/mol. The van der Waals surface area contributed by atoms with Crippen molar-refractivity contribution in [1.29, 1.82) is 0 Å². The molecule has 0 aliphatic rings. The summed E-state index contributed by atoms with van der Waals surface area (Å²) in [6, 6.07) is 13.9. The summed E-state index contributed by atoms with van der Waals surface area (Å²) in [5, 5.41) is 2.99. The summed E-state index contributed by atoms with van der Waals surface area (Å²) >= 11 is 0. The number of hydrogen-bond donors (Lipinski definition) is 1. The van der Waals surface area contributed by atoms with Gasteiger partial charge in [-0.05, 0) is 75.4 Å². The Morgan fingerprint density at radius 2 is 1.72 bits per heavy atom.